The van der Waals surface area contributed by atoms with Gasteiger partial charge in [0, 0.05) is 23.6 Å². The van der Waals surface area contributed by atoms with E-state index in [4.69, 9.17) is 19.8 Å². The number of benzene rings is 2. The second-order valence-electron chi connectivity index (χ2n) is 5.62. The van der Waals surface area contributed by atoms with E-state index in [2.05, 4.69) is 38.4 Å². The first-order valence-corrected chi connectivity index (χ1v) is 8.79. The first kappa shape index (κ1) is 21.1. The summed E-state index contributed by atoms with van der Waals surface area (Å²) in [6, 6.07) is 14.6. The molecule has 28 heavy (non-hydrogen) atoms. The lowest BCUT2D eigenvalue weighted by Gasteiger charge is -2.08. The van der Waals surface area contributed by atoms with Crippen molar-refractivity contribution in [2.75, 3.05) is 5.32 Å². The van der Waals surface area contributed by atoms with E-state index >= 15 is 0 Å². The number of aliphatic carboxylic acids is 2. The quantitative estimate of drug-likeness (QED) is 0.523. The van der Waals surface area contributed by atoms with Crippen molar-refractivity contribution >= 4 is 33.8 Å². The Morgan fingerprint density at radius 2 is 1.64 bits per heavy atom. The summed E-state index contributed by atoms with van der Waals surface area (Å²) in [4.78, 5) is 22.6. The molecular formula is C19H17BrFN3O4. The Hall–Kier alpha value is -3.20. The molecule has 0 bridgehead atoms. The summed E-state index contributed by atoms with van der Waals surface area (Å²) in [6.07, 6.45) is 1.79. The second-order valence-corrected chi connectivity index (χ2v) is 6.54. The molecule has 146 valence electrons. The molecular weight excluding hydrogens is 433 g/mol. The normalized spacial score (nSPS) is 9.96. The van der Waals surface area contributed by atoms with Crippen molar-refractivity contribution in [1.82, 2.24) is 9.55 Å². The Balaban J connectivity index is 0.000000409. The van der Waals surface area contributed by atoms with Crippen LogP contribution in [0.15, 0.2) is 59.2 Å². The lowest BCUT2D eigenvalue weighted by atomic mass is 10.2. The molecule has 0 spiro atoms. The maximum atomic E-state index is 13.0. The number of nitrogens with zero attached hydrogens (tertiary/aromatic N) is 2. The van der Waals surface area contributed by atoms with Gasteiger partial charge in [-0.15, -0.1) is 0 Å². The molecule has 3 aromatic rings. The summed E-state index contributed by atoms with van der Waals surface area (Å²) in [5.74, 6) is -3.10. The summed E-state index contributed by atoms with van der Waals surface area (Å²) in [6.45, 7) is 0.695. The predicted octanol–water partition coefficient (Wildman–Crippen LogP) is 3.76. The number of halogens is 2. The smallest absolute Gasteiger partial charge is 0.414 e. The zero-order valence-electron chi connectivity index (χ0n) is 14.8. The zero-order valence-corrected chi connectivity index (χ0v) is 16.4. The molecule has 0 saturated heterocycles. The van der Waals surface area contributed by atoms with Crippen LogP contribution in [0.1, 0.15) is 5.56 Å². The summed E-state index contributed by atoms with van der Waals surface area (Å²) in [5, 5.41) is 18.1. The number of carbonyl (C=O) groups is 2. The predicted molar refractivity (Wildman–Crippen MR) is 105 cm³/mol. The molecule has 0 aliphatic rings. The standard InChI is InChI=1S/C17H15BrFN3.C2H2O4/c1-22-16(13-4-8-15(19)9-5-13)11-21-17(22)20-10-12-2-6-14(18)7-3-12;3-1(4)2(5)6/h2-9,11H,10H2,1H3,(H,20,21);(H,3,4)(H,5,6). The van der Waals surface area contributed by atoms with E-state index in [1.807, 2.05) is 23.7 Å². The maximum Gasteiger partial charge on any atom is 0.414 e. The molecule has 2 aromatic carbocycles. The average molecular weight is 450 g/mol. The highest BCUT2D eigenvalue weighted by molar-refractivity contribution is 9.10. The highest BCUT2D eigenvalue weighted by Gasteiger charge is 2.08. The van der Waals surface area contributed by atoms with Crippen LogP contribution in [-0.4, -0.2) is 31.7 Å². The van der Waals surface area contributed by atoms with Crippen LogP contribution >= 0.6 is 15.9 Å². The molecule has 0 aliphatic heterocycles. The van der Waals surface area contributed by atoms with E-state index in [1.165, 1.54) is 17.7 Å². The second kappa shape index (κ2) is 9.65. The average Bonchev–Trinajstić information content (AvgIpc) is 3.03. The number of hydrogen-bond acceptors (Lipinski definition) is 4. The van der Waals surface area contributed by atoms with Gasteiger partial charge in [-0.2, -0.15) is 0 Å². The van der Waals surface area contributed by atoms with Crippen molar-refractivity contribution in [3.8, 4) is 11.3 Å². The van der Waals surface area contributed by atoms with Crippen LogP contribution in [0.25, 0.3) is 11.3 Å². The van der Waals surface area contributed by atoms with Crippen LogP contribution in [0.5, 0.6) is 0 Å². The van der Waals surface area contributed by atoms with Crippen molar-refractivity contribution in [3.05, 3.63) is 70.6 Å². The third-order valence-corrected chi connectivity index (χ3v) is 4.20. The van der Waals surface area contributed by atoms with Crippen LogP contribution in [0, 0.1) is 5.82 Å². The number of imidazole rings is 1. The van der Waals surface area contributed by atoms with Gasteiger partial charge in [-0.25, -0.2) is 19.0 Å². The molecule has 9 heteroatoms. The maximum absolute atomic E-state index is 13.0. The Morgan fingerprint density at radius 3 is 2.18 bits per heavy atom. The van der Waals surface area contributed by atoms with Crippen molar-refractivity contribution in [3.63, 3.8) is 0 Å². The van der Waals surface area contributed by atoms with Crippen molar-refractivity contribution in [2.45, 2.75) is 6.54 Å². The molecule has 0 radical (unpaired) electrons. The van der Waals surface area contributed by atoms with E-state index in [-0.39, 0.29) is 5.82 Å². The van der Waals surface area contributed by atoms with Gasteiger partial charge in [0.05, 0.1) is 11.9 Å². The fourth-order valence-corrected chi connectivity index (χ4v) is 2.51. The number of anilines is 1. The monoisotopic (exact) mass is 449 g/mol. The Bertz CT molecular complexity index is 944. The third-order valence-electron chi connectivity index (χ3n) is 3.68. The summed E-state index contributed by atoms with van der Waals surface area (Å²) in [7, 11) is 1.94. The van der Waals surface area contributed by atoms with Crippen LogP contribution in [0.2, 0.25) is 0 Å². The number of carboxylic acids is 2. The van der Waals surface area contributed by atoms with Gasteiger partial charge in [-0.3, -0.25) is 0 Å². The van der Waals surface area contributed by atoms with E-state index in [9.17, 15) is 4.39 Å². The molecule has 0 fully saturated rings. The number of nitrogens with one attached hydrogen (secondary N) is 1. The SMILES string of the molecule is Cn1c(-c2ccc(F)cc2)cnc1NCc1ccc(Br)cc1.O=C(O)C(=O)O. The minimum absolute atomic E-state index is 0.237. The molecule has 0 amide bonds. The largest absolute Gasteiger partial charge is 0.473 e. The van der Waals surface area contributed by atoms with E-state index in [0.717, 1.165) is 21.7 Å². The number of carboxylic acid groups (broad SMARTS) is 2. The lowest BCUT2D eigenvalue weighted by molar-refractivity contribution is -0.159. The van der Waals surface area contributed by atoms with Gasteiger partial charge in [0.15, 0.2) is 0 Å². The van der Waals surface area contributed by atoms with Crippen molar-refractivity contribution in [2.24, 2.45) is 7.05 Å². The third kappa shape index (κ3) is 5.92. The number of hydrogen-bond donors (Lipinski definition) is 3. The molecule has 3 N–H and O–H groups in total. The Kier molecular flexibility index (Phi) is 7.28. The molecule has 1 aromatic heterocycles. The minimum atomic E-state index is -1.82. The van der Waals surface area contributed by atoms with Crippen LogP contribution in [0.3, 0.4) is 0 Å². The van der Waals surface area contributed by atoms with E-state index < -0.39 is 11.9 Å². The van der Waals surface area contributed by atoms with E-state index in [0.29, 0.717) is 6.54 Å². The van der Waals surface area contributed by atoms with Crippen LogP contribution < -0.4 is 5.32 Å². The number of aromatic nitrogens is 2. The molecule has 7 nitrogen and oxygen atoms in total. The lowest BCUT2D eigenvalue weighted by Crippen LogP contribution is -2.09. The molecule has 0 aliphatic carbocycles. The summed E-state index contributed by atoms with van der Waals surface area (Å²) in [5.41, 5.74) is 3.06. The van der Waals surface area contributed by atoms with Crippen molar-refractivity contribution < 1.29 is 24.2 Å². The minimum Gasteiger partial charge on any atom is -0.473 e. The van der Waals surface area contributed by atoms with E-state index in [1.54, 1.807) is 18.3 Å². The van der Waals surface area contributed by atoms with Gasteiger partial charge in [0.25, 0.3) is 0 Å². The molecule has 1 heterocycles. The summed E-state index contributed by atoms with van der Waals surface area (Å²) < 4.78 is 16.0. The first-order chi connectivity index (χ1) is 13.3. The highest BCUT2D eigenvalue weighted by atomic mass is 79.9. The molecule has 0 atom stereocenters. The topological polar surface area (TPSA) is 104 Å². The van der Waals surface area contributed by atoms with Gasteiger partial charge in [0.1, 0.15) is 5.82 Å². The fourth-order valence-electron chi connectivity index (χ4n) is 2.25. The van der Waals surface area contributed by atoms with Crippen LogP contribution in [0.4, 0.5) is 10.3 Å². The first-order valence-electron chi connectivity index (χ1n) is 8.00. The van der Waals surface area contributed by atoms with Gasteiger partial charge in [-0.1, -0.05) is 28.1 Å². The summed E-state index contributed by atoms with van der Waals surface area (Å²) >= 11 is 3.42. The van der Waals surface area contributed by atoms with Gasteiger partial charge in [-0.05, 0) is 42.0 Å². The van der Waals surface area contributed by atoms with Gasteiger partial charge in [0.2, 0.25) is 5.95 Å². The Morgan fingerprint density at radius 1 is 1.07 bits per heavy atom. The fraction of sp³-hybridized carbons (Fsp3) is 0.105. The van der Waals surface area contributed by atoms with Crippen LogP contribution in [-0.2, 0) is 23.2 Å². The van der Waals surface area contributed by atoms with Gasteiger partial charge < -0.3 is 20.1 Å². The molecule has 0 unspecified atom stereocenters. The van der Waals surface area contributed by atoms with Gasteiger partial charge >= 0.3 is 11.9 Å². The highest BCUT2D eigenvalue weighted by Crippen LogP contribution is 2.22. The van der Waals surface area contributed by atoms with Crippen molar-refractivity contribution in [1.29, 1.82) is 0 Å². The molecule has 3 rings (SSSR count). The number of rotatable bonds is 4. The zero-order chi connectivity index (χ0) is 20.7. The molecule has 0 saturated carbocycles. The Labute approximate surface area is 168 Å².